The van der Waals surface area contributed by atoms with Gasteiger partial charge in [0.1, 0.15) is 5.75 Å². The van der Waals surface area contributed by atoms with Gasteiger partial charge in [0.2, 0.25) is 15.9 Å². The molecule has 0 spiro atoms. The molecule has 2 saturated heterocycles. The Morgan fingerprint density at radius 1 is 1.12 bits per heavy atom. The van der Waals surface area contributed by atoms with Crippen LogP contribution >= 0.6 is 0 Å². The van der Waals surface area contributed by atoms with Crippen molar-refractivity contribution in [3.63, 3.8) is 0 Å². The second-order valence-electron chi connectivity index (χ2n) is 9.30. The largest absolute Gasteiger partial charge is 0.478 e. The molecule has 1 N–H and O–H groups in total. The number of amides is 2. The first kappa shape index (κ1) is 23.0. The SMILES string of the molecule is CC[C@H]1Oc2cc(S(=O)(=O)N3CCC(C(=O)N4CCC(C)CC4)CC3)c(C)cc2NC1=O. The van der Waals surface area contributed by atoms with Crippen molar-refractivity contribution in [2.75, 3.05) is 31.5 Å². The van der Waals surface area contributed by atoms with E-state index in [1.165, 1.54) is 10.4 Å². The van der Waals surface area contributed by atoms with E-state index >= 15 is 0 Å². The molecule has 1 aromatic carbocycles. The van der Waals surface area contributed by atoms with Gasteiger partial charge in [-0.3, -0.25) is 9.59 Å². The van der Waals surface area contributed by atoms with Crippen molar-refractivity contribution < 1.29 is 22.7 Å². The number of nitrogens with zero attached hydrogens (tertiary/aromatic N) is 2. The summed E-state index contributed by atoms with van der Waals surface area (Å²) in [7, 11) is -3.73. The molecule has 2 fully saturated rings. The maximum absolute atomic E-state index is 13.4. The molecular formula is C23H33N3O5S. The van der Waals surface area contributed by atoms with E-state index in [9.17, 15) is 18.0 Å². The molecule has 0 saturated carbocycles. The van der Waals surface area contributed by atoms with E-state index < -0.39 is 16.1 Å². The van der Waals surface area contributed by atoms with E-state index in [0.29, 0.717) is 55.3 Å². The Hall–Kier alpha value is -2.13. The van der Waals surface area contributed by atoms with Crippen LogP contribution < -0.4 is 10.1 Å². The second kappa shape index (κ2) is 9.02. The van der Waals surface area contributed by atoms with E-state index in [1.807, 2.05) is 11.8 Å². The van der Waals surface area contributed by atoms with Crippen LogP contribution in [0.5, 0.6) is 5.75 Å². The van der Waals surface area contributed by atoms with Crippen molar-refractivity contribution in [2.45, 2.75) is 63.9 Å². The smallest absolute Gasteiger partial charge is 0.265 e. The number of carbonyl (C=O) groups excluding carboxylic acids is 2. The molecule has 1 aromatic rings. The molecule has 0 radical (unpaired) electrons. The molecule has 3 heterocycles. The fraction of sp³-hybridized carbons (Fsp3) is 0.652. The Morgan fingerprint density at radius 2 is 1.78 bits per heavy atom. The Balaban J connectivity index is 1.46. The number of sulfonamides is 1. The lowest BCUT2D eigenvalue weighted by Gasteiger charge is -2.36. The number of ether oxygens (including phenoxy) is 1. The molecule has 32 heavy (non-hydrogen) atoms. The summed E-state index contributed by atoms with van der Waals surface area (Å²) < 4.78 is 34.0. The molecule has 0 bridgehead atoms. The van der Waals surface area contributed by atoms with Crippen molar-refractivity contribution in [3.05, 3.63) is 17.7 Å². The zero-order chi connectivity index (χ0) is 23.0. The molecule has 9 heteroatoms. The first-order chi connectivity index (χ1) is 15.2. The van der Waals surface area contributed by atoms with Gasteiger partial charge in [0.25, 0.3) is 5.91 Å². The zero-order valence-corrected chi connectivity index (χ0v) is 19.9. The predicted octanol–water partition coefficient (Wildman–Crippen LogP) is 2.76. The van der Waals surface area contributed by atoms with Gasteiger partial charge in [-0.1, -0.05) is 13.8 Å². The highest BCUT2D eigenvalue weighted by Crippen LogP contribution is 2.36. The average Bonchev–Trinajstić information content (AvgIpc) is 2.78. The van der Waals surface area contributed by atoms with E-state index in [4.69, 9.17) is 4.74 Å². The molecule has 176 valence electrons. The normalized spacial score (nSPS) is 23.4. The maximum Gasteiger partial charge on any atom is 0.265 e. The number of hydrogen-bond acceptors (Lipinski definition) is 5. The van der Waals surface area contributed by atoms with Crippen LogP contribution in [0.15, 0.2) is 17.0 Å². The van der Waals surface area contributed by atoms with Crippen molar-refractivity contribution in [1.82, 2.24) is 9.21 Å². The highest BCUT2D eigenvalue weighted by Gasteiger charge is 2.36. The lowest BCUT2D eigenvalue weighted by Crippen LogP contribution is -2.46. The zero-order valence-electron chi connectivity index (χ0n) is 19.1. The second-order valence-corrected chi connectivity index (χ2v) is 11.2. The van der Waals surface area contributed by atoms with Gasteiger partial charge in [-0.25, -0.2) is 8.42 Å². The minimum Gasteiger partial charge on any atom is -0.478 e. The van der Waals surface area contributed by atoms with Crippen LogP contribution in [0.25, 0.3) is 0 Å². The van der Waals surface area contributed by atoms with Crippen LogP contribution in [-0.4, -0.2) is 61.7 Å². The molecule has 3 aliphatic heterocycles. The van der Waals surface area contributed by atoms with Crippen LogP contribution in [0.4, 0.5) is 5.69 Å². The monoisotopic (exact) mass is 463 g/mol. The van der Waals surface area contributed by atoms with Crippen LogP contribution in [0.2, 0.25) is 0 Å². The lowest BCUT2D eigenvalue weighted by atomic mass is 9.93. The molecule has 0 aromatic heterocycles. The fourth-order valence-corrected chi connectivity index (χ4v) is 6.49. The van der Waals surface area contributed by atoms with Crippen LogP contribution in [0.1, 0.15) is 51.5 Å². The molecule has 0 aliphatic carbocycles. The summed E-state index contributed by atoms with van der Waals surface area (Å²) in [6.07, 6.45) is 3.03. The molecule has 0 unspecified atom stereocenters. The Labute approximate surface area is 190 Å². The minimum absolute atomic E-state index is 0.108. The Bertz CT molecular complexity index is 993. The van der Waals surface area contributed by atoms with Crippen molar-refractivity contribution in [1.29, 1.82) is 0 Å². The Kier molecular flexibility index (Phi) is 6.49. The van der Waals surface area contributed by atoms with Crippen molar-refractivity contribution >= 4 is 27.5 Å². The third-order valence-corrected chi connectivity index (χ3v) is 9.02. The number of likely N-dealkylation sites (tertiary alicyclic amines) is 1. The summed E-state index contributed by atoms with van der Waals surface area (Å²) in [6, 6.07) is 3.17. The predicted molar refractivity (Wildman–Crippen MR) is 121 cm³/mol. The third kappa shape index (κ3) is 4.37. The summed E-state index contributed by atoms with van der Waals surface area (Å²) in [5.74, 6) is 0.891. The van der Waals surface area contributed by atoms with E-state index in [0.717, 1.165) is 25.9 Å². The van der Waals surface area contributed by atoms with Crippen LogP contribution in [0, 0.1) is 18.8 Å². The van der Waals surface area contributed by atoms with E-state index in [2.05, 4.69) is 12.2 Å². The van der Waals surface area contributed by atoms with Gasteiger partial charge in [-0.2, -0.15) is 4.31 Å². The molecule has 1 atom stereocenters. The summed E-state index contributed by atoms with van der Waals surface area (Å²) in [4.78, 5) is 27.1. The number of hydrogen-bond donors (Lipinski definition) is 1. The maximum atomic E-state index is 13.4. The molecule has 4 rings (SSSR count). The van der Waals surface area contributed by atoms with Gasteiger partial charge in [0, 0.05) is 38.2 Å². The summed E-state index contributed by atoms with van der Waals surface area (Å²) in [5, 5.41) is 2.80. The first-order valence-electron chi connectivity index (χ1n) is 11.6. The average molecular weight is 464 g/mol. The number of carbonyl (C=O) groups is 2. The number of rotatable bonds is 4. The number of aryl methyl sites for hydroxylation is 1. The summed E-state index contributed by atoms with van der Waals surface area (Å²) in [6.45, 7) is 8.05. The number of fused-ring (bicyclic) bond motifs is 1. The van der Waals surface area contributed by atoms with Gasteiger partial charge < -0.3 is 15.0 Å². The fourth-order valence-electron chi connectivity index (χ4n) is 4.80. The number of anilines is 1. The topological polar surface area (TPSA) is 96.0 Å². The summed E-state index contributed by atoms with van der Waals surface area (Å²) >= 11 is 0. The Morgan fingerprint density at radius 3 is 2.41 bits per heavy atom. The quantitative estimate of drug-likeness (QED) is 0.741. The standard InChI is InChI=1S/C23H33N3O5S/c1-4-19-22(27)24-18-13-16(3)21(14-20(18)31-19)32(29,30)26-11-7-17(8-12-26)23(28)25-9-5-15(2)6-10-25/h13-15,17,19H,4-12H2,1-3H3,(H,24,27)/t19-/m1/s1. The molecular weight excluding hydrogens is 430 g/mol. The molecule has 3 aliphatic rings. The minimum atomic E-state index is -3.73. The number of nitrogens with one attached hydrogen (secondary N) is 1. The van der Waals surface area contributed by atoms with Gasteiger partial charge in [-0.15, -0.1) is 0 Å². The van der Waals surface area contributed by atoms with E-state index in [-0.39, 0.29) is 22.6 Å². The number of piperidine rings is 2. The van der Waals surface area contributed by atoms with E-state index in [1.54, 1.807) is 13.0 Å². The van der Waals surface area contributed by atoms with Crippen molar-refractivity contribution in [2.24, 2.45) is 11.8 Å². The van der Waals surface area contributed by atoms with Crippen molar-refractivity contribution in [3.8, 4) is 5.75 Å². The molecule has 2 amide bonds. The van der Waals surface area contributed by atoms with Gasteiger partial charge in [0.05, 0.1) is 10.6 Å². The highest BCUT2D eigenvalue weighted by atomic mass is 32.2. The highest BCUT2D eigenvalue weighted by molar-refractivity contribution is 7.89. The third-order valence-electron chi connectivity index (χ3n) is 6.98. The molecule has 8 nitrogen and oxygen atoms in total. The van der Waals surface area contributed by atoms with Crippen LogP contribution in [0.3, 0.4) is 0 Å². The number of benzene rings is 1. The van der Waals surface area contributed by atoms with Gasteiger partial charge in [-0.05, 0) is 56.6 Å². The van der Waals surface area contributed by atoms with Gasteiger partial charge >= 0.3 is 0 Å². The van der Waals surface area contributed by atoms with Crippen LogP contribution in [-0.2, 0) is 19.6 Å². The lowest BCUT2D eigenvalue weighted by molar-refractivity contribution is -0.138. The van der Waals surface area contributed by atoms with Gasteiger partial charge in [0.15, 0.2) is 6.10 Å². The summed E-state index contributed by atoms with van der Waals surface area (Å²) in [5.41, 5.74) is 1.06. The first-order valence-corrected chi connectivity index (χ1v) is 13.1.